The minimum absolute atomic E-state index is 0.913. The lowest BCUT2D eigenvalue weighted by atomic mass is 10.1. The number of rotatable bonds is 3. The number of primary amides is 1. The maximum atomic E-state index is 10.9. The van der Waals surface area contributed by atoms with Crippen LogP contribution in [0.4, 0.5) is 5.00 Å². The quantitative estimate of drug-likeness (QED) is 0.484. The molecule has 19 heavy (non-hydrogen) atoms. The maximum absolute atomic E-state index is 10.9. The fourth-order valence-corrected chi connectivity index (χ4v) is 2.84. The summed E-state index contributed by atoms with van der Waals surface area (Å²) in [6, 6.07) is 3.99. The molecule has 0 saturated carbocycles. The summed E-state index contributed by atoms with van der Waals surface area (Å²) in [4.78, 5) is 24.6. The zero-order valence-corrected chi connectivity index (χ0v) is 11.3. The van der Waals surface area contributed by atoms with E-state index in [2.05, 4.69) is 15.4 Å². The Hall–Kier alpha value is -1.89. The highest BCUT2D eigenvalue weighted by atomic mass is 32.1. The predicted molar refractivity (Wildman–Crippen MR) is 75.3 cm³/mol. The van der Waals surface area contributed by atoms with Gasteiger partial charge in [-0.1, -0.05) is 0 Å². The van der Waals surface area contributed by atoms with Gasteiger partial charge in [0.25, 0.3) is 0 Å². The molecule has 2 heterocycles. The van der Waals surface area contributed by atoms with Crippen LogP contribution >= 0.6 is 11.3 Å². The number of piperidine rings is 1. The third-order valence-corrected chi connectivity index (χ3v) is 3.94. The molecule has 0 unspecified atom stereocenters. The van der Waals surface area contributed by atoms with Crippen molar-refractivity contribution in [1.29, 1.82) is 0 Å². The number of nitrogens with zero attached hydrogens (tertiary/aromatic N) is 2. The number of carbonyl (C=O) groups is 2. The van der Waals surface area contributed by atoms with Gasteiger partial charge in [-0.2, -0.15) is 5.10 Å². The molecule has 102 valence electrons. The molecule has 1 aliphatic rings. The van der Waals surface area contributed by atoms with E-state index in [1.54, 1.807) is 11.3 Å². The van der Waals surface area contributed by atoms with Crippen LogP contribution < -0.4 is 16.1 Å². The van der Waals surface area contributed by atoms with Crippen LogP contribution in [0.15, 0.2) is 17.2 Å². The molecule has 1 aromatic heterocycles. The summed E-state index contributed by atoms with van der Waals surface area (Å²) in [6.45, 7) is 2.19. The summed E-state index contributed by atoms with van der Waals surface area (Å²) < 4.78 is 0. The summed E-state index contributed by atoms with van der Waals surface area (Å²) in [6.07, 6.45) is 5.28. The van der Waals surface area contributed by atoms with Crippen molar-refractivity contribution in [3.05, 3.63) is 17.0 Å². The largest absolute Gasteiger partial charge is 0.363 e. The molecule has 0 radical (unpaired) electrons. The molecular formula is C12H16N4O2S. The second-order valence-electron chi connectivity index (χ2n) is 4.29. The Morgan fingerprint density at radius 2 is 2.05 bits per heavy atom. The van der Waals surface area contributed by atoms with Crippen molar-refractivity contribution < 1.29 is 9.59 Å². The first kappa shape index (κ1) is 13.5. The van der Waals surface area contributed by atoms with Gasteiger partial charge < -0.3 is 10.6 Å². The van der Waals surface area contributed by atoms with Crippen molar-refractivity contribution in [2.75, 3.05) is 18.0 Å². The van der Waals surface area contributed by atoms with E-state index in [-0.39, 0.29) is 0 Å². The number of hydrazone groups is 1. The van der Waals surface area contributed by atoms with E-state index in [0.717, 1.165) is 18.0 Å². The van der Waals surface area contributed by atoms with Crippen LogP contribution in [-0.2, 0) is 9.59 Å². The Balaban J connectivity index is 1.91. The normalized spacial score (nSPS) is 15.7. The Labute approximate surface area is 115 Å². The first-order valence-electron chi connectivity index (χ1n) is 6.14. The lowest BCUT2D eigenvalue weighted by Gasteiger charge is -2.27. The maximum Gasteiger partial charge on any atom is 0.329 e. The van der Waals surface area contributed by atoms with Crippen molar-refractivity contribution in [1.82, 2.24) is 5.43 Å². The third kappa shape index (κ3) is 3.78. The summed E-state index contributed by atoms with van der Waals surface area (Å²) in [7, 11) is 0. The first-order valence-corrected chi connectivity index (χ1v) is 6.96. The number of hydrogen-bond acceptors (Lipinski definition) is 5. The SMILES string of the molecule is NC(=O)C(=O)N/N=C/c1ccc(N2CCCCC2)s1. The van der Waals surface area contributed by atoms with Crippen molar-refractivity contribution in [3.63, 3.8) is 0 Å². The lowest BCUT2D eigenvalue weighted by Crippen LogP contribution is -2.32. The molecule has 3 N–H and O–H groups in total. The number of anilines is 1. The minimum Gasteiger partial charge on any atom is -0.363 e. The molecule has 0 aliphatic carbocycles. The zero-order valence-electron chi connectivity index (χ0n) is 10.5. The Morgan fingerprint density at radius 3 is 2.74 bits per heavy atom. The van der Waals surface area contributed by atoms with Gasteiger partial charge in [-0.15, -0.1) is 11.3 Å². The van der Waals surface area contributed by atoms with E-state index >= 15 is 0 Å². The summed E-state index contributed by atoms with van der Waals surface area (Å²) in [5, 5.41) is 4.90. The second kappa shape index (κ2) is 6.33. The number of carbonyl (C=O) groups excluding carboxylic acids is 2. The number of nitrogens with two attached hydrogens (primary N) is 1. The molecular weight excluding hydrogens is 264 g/mol. The van der Waals surface area contributed by atoms with E-state index in [1.165, 1.54) is 30.5 Å². The van der Waals surface area contributed by atoms with Crippen LogP contribution in [0.3, 0.4) is 0 Å². The van der Waals surface area contributed by atoms with Gasteiger partial charge in [0.15, 0.2) is 0 Å². The number of thiophene rings is 1. The molecule has 0 spiro atoms. The molecule has 6 nitrogen and oxygen atoms in total. The first-order chi connectivity index (χ1) is 9.16. The number of nitrogens with one attached hydrogen (secondary N) is 1. The Bertz CT molecular complexity index is 492. The van der Waals surface area contributed by atoms with Crippen LogP contribution in [0.25, 0.3) is 0 Å². The number of hydrogen-bond donors (Lipinski definition) is 2. The van der Waals surface area contributed by atoms with Gasteiger partial charge in [0.2, 0.25) is 0 Å². The standard InChI is InChI=1S/C12H16N4O2S/c13-11(17)12(18)15-14-8-9-4-5-10(19-9)16-6-2-1-3-7-16/h4-5,8H,1-3,6-7H2,(H2,13,17)(H,15,18)/b14-8+. The zero-order chi connectivity index (χ0) is 13.7. The average Bonchev–Trinajstić information content (AvgIpc) is 2.88. The summed E-state index contributed by atoms with van der Waals surface area (Å²) >= 11 is 1.61. The molecule has 0 atom stereocenters. The monoisotopic (exact) mass is 280 g/mol. The van der Waals surface area contributed by atoms with Crippen LogP contribution in [0, 0.1) is 0 Å². The summed E-state index contributed by atoms with van der Waals surface area (Å²) in [5.41, 5.74) is 6.86. The van der Waals surface area contributed by atoms with Crippen molar-refractivity contribution >= 4 is 34.4 Å². The molecule has 1 aliphatic heterocycles. The average molecular weight is 280 g/mol. The van der Waals surface area contributed by atoms with Gasteiger partial charge >= 0.3 is 11.8 Å². The Kier molecular flexibility index (Phi) is 4.51. The molecule has 1 aromatic rings. The van der Waals surface area contributed by atoms with E-state index < -0.39 is 11.8 Å². The van der Waals surface area contributed by atoms with E-state index in [9.17, 15) is 9.59 Å². The van der Waals surface area contributed by atoms with Gasteiger partial charge in [0.05, 0.1) is 11.2 Å². The van der Waals surface area contributed by atoms with Crippen LogP contribution in [0.1, 0.15) is 24.1 Å². The number of amides is 2. The highest BCUT2D eigenvalue weighted by Gasteiger charge is 2.12. The van der Waals surface area contributed by atoms with Gasteiger partial charge in [0, 0.05) is 18.0 Å². The van der Waals surface area contributed by atoms with E-state index in [4.69, 9.17) is 5.73 Å². The predicted octanol–water partition coefficient (Wildman–Crippen LogP) is 0.674. The molecule has 2 rings (SSSR count). The molecule has 2 amide bonds. The highest BCUT2D eigenvalue weighted by Crippen LogP contribution is 2.27. The van der Waals surface area contributed by atoms with Crippen LogP contribution in [-0.4, -0.2) is 31.1 Å². The third-order valence-electron chi connectivity index (χ3n) is 2.86. The minimum atomic E-state index is -1.04. The topological polar surface area (TPSA) is 87.8 Å². The molecule has 7 heteroatoms. The second-order valence-corrected chi connectivity index (χ2v) is 5.38. The molecule has 1 fully saturated rings. The molecule has 0 bridgehead atoms. The molecule has 1 saturated heterocycles. The van der Waals surface area contributed by atoms with Crippen LogP contribution in [0.2, 0.25) is 0 Å². The lowest BCUT2D eigenvalue weighted by molar-refractivity contribution is -0.137. The van der Waals surface area contributed by atoms with Gasteiger partial charge in [0.1, 0.15) is 0 Å². The Morgan fingerprint density at radius 1 is 1.32 bits per heavy atom. The highest BCUT2D eigenvalue weighted by molar-refractivity contribution is 7.17. The fraction of sp³-hybridized carbons (Fsp3) is 0.417. The van der Waals surface area contributed by atoms with E-state index in [1.807, 2.05) is 12.1 Å². The van der Waals surface area contributed by atoms with Crippen molar-refractivity contribution in [3.8, 4) is 0 Å². The molecule has 0 aromatic carbocycles. The van der Waals surface area contributed by atoms with Crippen molar-refractivity contribution in [2.45, 2.75) is 19.3 Å². The van der Waals surface area contributed by atoms with E-state index in [0.29, 0.717) is 0 Å². The van der Waals surface area contributed by atoms with Gasteiger partial charge in [-0.3, -0.25) is 9.59 Å². The smallest absolute Gasteiger partial charge is 0.329 e. The van der Waals surface area contributed by atoms with Crippen LogP contribution in [0.5, 0.6) is 0 Å². The fourth-order valence-electron chi connectivity index (χ4n) is 1.91. The van der Waals surface area contributed by atoms with Gasteiger partial charge in [-0.25, -0.2) is 5.43 Å². The summed E-state index contributed by atoms with van der Waals surface area (Å²) in [5.74, 6) is -1.96. The van der Waals surface area contributed by atoms with Crippen molar-refractivity contribution in [2.24, 2.45) is 10.8 Å². The van der Waals surface area contributed by atoms with Gasteiger partial charge in [-0.05, 0) is 31.4 Å².